The van der Waals surface area contributed by atoms with E-state index >= 15 is 0 Å². The number of imidazole rings is 1. The monoisotopic (exact) mass is 494 g/mol. The fourth-order valence-electron chi connectivity index (χ4n) is 3.29. The molecule has 0 saturated heterocycles. The van der Waals surface area contributed by atoms with Gasteiger partial charge in [-0.25, -0.2) is 9.99 Å². The van der Waals surface area contributed by atoms with Gasteiger partial charge >= 0.3 is 0 Å². The van der Waals surface area contributed by atoms with Gasteiger partial charge in [0.2, 0.25) is 0 Å². The van der Waals surface area contributed by atoms with Crippen molar-refractivity contribution in [3.8, 4) is 5.69 Å². The summed E-state index contributed by atoms with van der Waals surface area (Å²) in [6.45, 7) is 9.64. The van der Waals surface area contributed by atoms with Crippen LogP contribution in [0.15, 0.2) is 46.5 Å². The van der Waals surface area contributed by atoms with Gasteiger partial charge in [-0.1, -0.05) is 56.1 Å². The molecule has 0 fully saturated rings. The first-order valence-electron chi connectivity index (χ1n) is 10.9. The Kier molecular flexibility index (Phi) is 10.9. The smallest absolute Gasteiger partial charge is 0.287 e. The Morgan fingerprint density at radius 2 is 1.81 bits per heavy atom. The van der Waals surface area contributed by atoms with Gasteiger partial charge in [0, 0.05) is 34.4 Å². The van der Waals surface area contributed by atoms with E-state index in [9.17, 15) is 4.79 Å². The molecule has 0 radical (unpaired) electrons. The predicted octanol–water partition coefficient (Wildman–Crippen LogP) is 6.95. The van der Waals surface area contributed by atoms with Crippen molar-refractivity contribution in [2.45, 2.75) is 52.0 Å². The van der Waals surface area contributed by atoms with E-state index in [1.165, 1.54) is 11.8 Å². The number of nitrogens with zero attached hydrogens (tertiary/aromatic N) is 3. The van der Waals surface area contributed by atoms with Crippen molar-refractivity contribution in [2.24, 2.45) is 0 Å². The average molecular weight is 496 g/mol. The molecule has 0 aliphatic rings. The van der Waals surface area contributed by atoms with Crippen molar-refractivity contribution in [3.05, 3.63) is 58.0 Å². The third-order valence-electron chi connectivity index (χ3n) is 4.71. The highest BCUT2D eigenvalue weighted by molar-refractivity contribution is 7.98. The van der Waals surface area contributed by atoms with Gasteiger partial charge in [0.1, 0.15) is 10.9 Å². The first-order chi connectivity index (χ1) is 15.4. The maximum absolute atomic E-state index is 13.3. The van der Waals surface area contributed by atoms with E-state index in [4.69, 9.17) is 28.2 Å². The number of thioether (sulfide) groups is 1. The zero-order chi connectivity index (χ0) is 23.7. The van der Waals surface area contributed by atoms with Crippen molar-refractivity contribution in [1.82, 2.24) is 20.0 Å². The van der Waals surface area contributed by atoms with Crippen molar-refractivity contribution in [3.63, 3.8) is 0 Å². The van der Waals surface area contributed by atoms with Gasteiger partial charge < -0.3 is 0 Å². The number of carbonyl (C=O) groups excluding carboxylic acids is 1. The molecule has 1 heterocycles. The number of benzene rings is 1. The fourth-order valence-corrected chi connectivity index (χ4v) is 4.27. The van der Waals surface area contributed by atoms with Gasteiger partial charge in [0.15, 0.2) is 5.69 Å². The van der Waals surface area contributed by atoms with Crippen LogP contribution in [0.2, 0.25) is 5.02 Å². The van der Waals surface area contributed by atoms with Crippen molar-refractivity contribution in [2.75, 3.05) is 19.3 Å². The SMILES string of the molecule is CC/C=C\C(=C(/C)Cl)c1nc(C(=O)NN(CCC)CCC)c(SC)n1-c1ccc(Cl)cc1. The summed E-state index contributed by atoms with van der Waals surface area (Å²) in [5.41, 5.74) is 5.05. The molecule has 2 rings (SSSR count). The number of carbonyl (C=O) groups is 1. The number of amides is 1. The summed E-state index contributed by atoms with van der Waals surface area (Å²) < 4.78 is 1.97. The number of nitrogens with one attached hydrogen (secondary N) is 1. The van der Waals surface area contributed by atoms with Crippen LogP contribution in [0.3, 0.4) is 0 Å². The highest BCUT2D eigenvalue weighted by Crippen LogP contribution is 2.33. The maximum Gasteiger partial charge on any atom is 0.287 e. The molecule has 1 aromatic heterocycles. The van der Waals surface area contributed by atoms with Crippen molar-refractivity contribution in [1.29, 1.82) is 0 Å². The minimum atomic E-state index is -0.226. The molecule has 0 atom stereocenters. The summed E-state index contributed by atoms with van der Waals surface area (Å²) in [5, 5.41) is 3.94. The fraction of sp³-hybridized carbons (Fsp3) is 0.417. The van der Waals surface area contributed by atoms with Gasteiger partial charge in [-0.3, -0.25) is 14.8 Å². The minimum Gasteiger partial charge on any atom is -0.287 e. The van der Waals surface area contributed by atoms with Gasteiger partial charge in [-0.15, -0.1) is 11.8 Å². The van der Waals surface area contributed by atoms with E-state index < -0.39 is 0 Å². The number of hydrogen-bond acceptors (Lipinski definition) is 4. The Morgan fingerprint density at radius 1 is 1.19 bits per heavy atom. The predicted molar refractivity (Wildman–Crippen MR) is 138 cm³/mol. The highest BCUT2D eigenvalue weighted by Gasteiger charge is 2.26. The van der Waals surface area contributed by atoms with Crippen molar-refractivity contribution >= 4 is 46.4 Å². The van der Waals surface area contributed by atoms with Crippen LogP contribution in [-0.4, -0.2) is 39.8 Å². The number of hydrazine groups is 1. The van der Waals surface area contributed by atoms with Gasteiger partial charge in [-0.2, -0.15) is 0 Å². The lowest BCUT2D eigenvalue weighted by molar-refractivity contribution is 0.0779. The summed E-state index contributed by atoms with van der Waals surface area (Å²) >= 11 is 14.1. The Hall–Kier alpha value is -1.73. The van der Waals surface area contributed by atoms with Gasteiger partial charge in [-0.05, 0) is 56.7 Å². The zero-order valence-corrected chi connectivity index (χ0v) is 21.7. The molecule has 0 saturated carbocycles. The second-order valence-corrected chi connectivity index (χ2v) is 9.09. The normalized spacial score (nSPS) is 12.5. The molecule has 32 heavy (non-hydrogen) atoms. The molecule has 0 unspecified atom stereocenters. The van der Waals surface area contributed by atoms with Crippen LogP contribution < -0.4 is 5.43 Å². The lowest BCUT2D eigenvalue weighted by Gasteiger charge is -2.21. The van der Waals surface area contributed by atoms with E-state index in [2.05, 4.69) is 26.2 Å². The van der Waals surface area contributed by atoms with Crippen LogP contribution in [0.4, 0.5) is 0 Å². The summed E-state index contributed by atoms with van der Waals surface area (Å²) in [5.74, 6) is 0.396. The summed E-state index contributed by atoms with van der Waals surface area (Å²) in [6, 6.07) is 7.49. The number of rotatable bonds is 11. The van der Waals surface area contributed by atoms with E-state index in [0.29, 0.717) is 21.6 Å². The van der Waals surface area contributed by atoms with E-state index in [1.54, 1.807) is 0 Å². The molecular weight excluding hydrogens is 463 g/mol. The molecule has 0 aliphatic carbocycles. The summed E-state index contributed by atoms with van der Waals surface area (Å²) in [4.78, 5) is 18.1. The second-order valence-electron chi connectivity index (χ2n) is 7.29. The highest BCUT2D eigenvalue weighted by atomic mass is 35.5. The van der Waals surface area contributed by atoms with Crippen molar-refractivity contribution < 1.29 is 4.79 Å². The number of allylic oxidation sites excluding steroid dienone is 4. The second kappa shape index (κ2) is 13.1. The largest absolute Gasteiger partial charge is 0.287 e. The first kappa shape index (κ1) is 26.5. The van der Waals surface area contributed by atoms with Crippen LogP contribution in [0.1, 0.15) is 63.3 Å². The van der Waals surface area contributed by atoms with Gasteiger partial charge in [0.05, 0.1) is 0 Å². The number of aromatic nitrogens is 2. The number of hydrogen-bond donors (Lipinski definition) is 1. The lowest BCUT2D eigenvalue weighted by atomic mass is 10.2. The third kappa shape index (κ3) is 6.64. The topological polar surface area (TPSA) is 50.2 Å². The Morgan fingerprint density at radius 3 is 2.31 bits per heavy atom. The Balaban J connectivity index is 2.68. The van der Waals surface area contributed by atoms with Crippen LogP contribution in [0.5, 0.6) is 0 Å². The molecule has 1 aromatic carbocycles. The van der Waals surface area contributed by atoms with Gasteiger partial charge in [0.25, 0.3) is 5.91 Å². The molecule has 2 aromatic rings. The van der Waals surface area contributed by atoms with Crippen LogP contribution in [0.25, 0.3) is 11.3 Å². The van der Waals surface area contributed by atoms with E-state index in [1.807, 2.05) is 59.2 Å². The molecule has 8 heteroatoms. The maximum atomic E-state index is 13.3. The molecule has 0 bridgehead atoms. The molecule has 1 amide bonds. The van der Waals surface area contributed by atoms with E-state index in [-0.39, 0.29) is 5.91 Å². The van der Waals surface area contributed by atoms with Crippen LogP contribution in [-0.2, 0) is 0 Å². The van der Waals surface area contributed by atoms with Crippen LogP contribution in [0, 0.1) is 0 Å². The number of halogens is 2. The Bertz CT molecular complexity index is 957. The molecule has 0 aliphatic heterocycles. The van der Waals surface area contributed by atoms with E-state index in [0.717, 1.165) is 48.6 Å². The molecule has 0 spiro atoms. The summed E-state index contributed by atoms with van der Waals surface area (Å²) in [6.07, 6.45) is 8.69. The minimum absolute atomic E-state index is 0.226. The first-order valence-corrected chi connectivity index (χ1v) is 12.9. The molecule has 174 valence electrons. The Labute approximate surface area is 205 Å². The average Bonchev–Trinajstić information content (AvgIpc) is 3.14. The lowest BCUT2D eigenvalue weighted by Crippen LogP contribution is -2.43. The third-order valence-corrected chi connectivity index (χ3v) is 5.93. The van der Waals surface area contributed by atoms with Crippen LogP contribution >= 0.6 is 35.0 Å². The molecule has 5 nitrogen and oxygen atoms in total. The quantitative estimate of drug-likeness (QED) is 0.208. The molecular formula is C24H32Cl2N4OS. The summed E-state index contributed by atoms with van der Waals surface area (Å²) in [7, 11) is 0. The standard InChI is InChI=1S/C24H32Cl2N4OS/c1-6-9-10-20(17(4)25)22-27-21(23(31)28-29(15-7-2)16-8-3)24(32-5)30(22)19-13-11-18(26)12-14-19/h9-14H,6-8,15-16H2,1-5H3,(H,28,31)/b10-9-,20-17-. The molecule has 1 N–H and O–H groups in total. The zero-order valence-electron chi connectivity index (χ0n) is 19.4.